The second kappa shape index (κ2) is 3.88. The fourth-order valence-electron chi connectivity index (χ4n) is 0.293. The standard InChI is InChI=1S/C6H11O/c1-3-4-6(2)5-7/h3-4,6-7H,1,5H2,2H3. The lowest BCUT2D eigenvalue weighted by atomic mass is 10.2. The lowest BCUT2D eigenvalue weighted by Crippen LogP contribution is -1.93. The first-order valence-corrected chi connectivity index (χ1v) is 2.38. The highest BCUT2D eigenvalue weighted by Crippen LogP contribution is 1.91. The van der Waals surface area contributed by atoms with Gasteiger partial charge in [-0.15, -0.1) is 0 Å². The van der Waals surface area contributed by atoms with Gasteiger partial charge < -0.3 is 5.11 Å². The first-order valence-electron chi connectivity index (χ1n) is 2.38. The van der Waals surface area contributed by atoms with Gasteiger partial charge in [0.1, 0.15) is 0 Å². The number of hydrogen-bond donors (Lipinski definition) is 1. The van der Waals surface area contributed by atoms with Gasteiger partial charge >= 0.3 is 0 Å². The molecule has 1 N–H and O–H groups in total. The molecule has 0 saturated heterocycles. The van der Waals surface area contributed by atoms with Crippen LogP contribution in [-0.4, -0.2) is 11.7 Å². The summed E-state index contributed by atoms with van der Waals surface area (Å²) in [6, 6.07) is 0. The van der Waals surface area contributed by atoms with Gasteiger partial charge in [0.2, 0.25) is 0 Å². The molecule has 7 heavy (non-hydrogen) atoms. The Labute approximate surface area is 44.7 Å². The van der Waals surface area contributed by atoms with E-state index in [-0.39, 0.29) is 12.5 Å². The Morgan fingerprint density at radius 2 is 2.43 bits per heavy atom. The van der Waals surface area contributed by atoms with Gasteiger partial charge in [-0.05, 0) is 12.8 Å². The van der Waals surface area contributed by atoms with Crippen molar-refractivity contribution >= 4 is 0 Å². The van der Waals surface area contributed by atoms with Gasteiger partial charge in [0.15, 0.2) is 0 Å². The largest absolute Gasteiger partial charge is 0.396 e. The summed E-state index contributed by atoms with van der Waals surface area (Å²) in [5.74, 6) is 0.262. The van der Waals surface area contributed by atoms with E-state index in [2.05, 4.69) is 6.92 Å². The van der Waals surface area contributed by atoms with Crippen molar-refractivity contribution in [1.29, 1.82) is 0 Å². The molecule has 0 saturated carbocycles. The lowest BCUT2D eigenvalue weighted by Gasteiger charge is -1.94. The van der Waals surface area contributed by atoms with Crippen LogP contribution in [0.25, 0.3) is 0 Å². The van der Waals surface area contributed by atoms with Crippen LogP contribution in [0.1, 0.15) is 6.92 Å². The molecule has 1 nitrogen and oxygen atoms in total. The van der Waals surface area contributed by atoms with E-state index >= 15 is 0 Å². The molecule has 0 aliphatic carbocycles. The van der Waals surface area contributed by atoms with Crippen molar-refractivity contribution in [3.05, 3.63) is 19.1 Å². The van der Waals surface area contributed by atoms with Crippen molar-refractivity contribution in [3.63, 3.8) is 0 Å². The first-order chi connectivity index (χ1) is 3.31. The Morgan fingerprint density at radius 3 is 2.57 bits per heavy atom. The molecule has 0 aromatic rings. The second-order valence-corrected chi connectivity index (χ2v) is 1.59. The third-order valence-electron chi connectivity index (χ3n) is 0.753. The first kappa shape index (κ1) is 6.70. The third-order valence-corrected chi connectivity index (χ3v) is 0.753. The van der Waals surface area contributed by atoms with E-state index in [0.717, 1.165) is 0 Å². The minimum Gasteiger partial charge on any atom is -0.396 e. The maximum Gasteiger partial charge on any atom is 0.0491 e. The molecular weight excluding hydrogens is 88.1 g/mol. The summed E-state index contributed by atoms with van der Waals surface area (Å²) in [5, 5.41) is 8.39. The summed E-state index contributed by atoms with van der Waals surface area (Å²) in [5.41, 5.74) is 0. The predicted octanol–water partition coefficient (Wildman–Crippen LogP) is 1.01. The van der Waals surface area contributed by atoms with Crippen molar-refractivity contribution in [2.75, 3.05) is 6.61 Å². The molecule has 41 valence electrons. The van der Waals surface area contributed by atoms with Crippen LogP contribution in [0.15, 0.2) is 12.2 Å². The Kier molecular flexibility index (Phi) is 3.71. The molecule has 1 heteroatoms. The topological polar surface area (TPSA) is 20.2 Å². The molecule has 1 unspecified atom stereocenters. The summed E-state index contributed by atoms with van der Waals surface area (Å²) in [6.07, 6.45) is 3.56. The molecule has 0 aromatic carbocycles. The van der Waals surface area contributed by atoms with Crippen molar-refractivity contribution in [1.82, 2.24) is 0 Å². The Bertz CT molecular complexity index is 57.2. The van der Waals surface area contributed by atoms with Gasteiger partial charge in [0, 0.05) is 6.61 Å². The van der Waals surface area contributed by atoms with Crippen LogP contribution in [0.4, 0.5) is 0 Å². The van der Waals surface area contributed by atoms with Crippen LogP contribution in [0.2, 0.25) is 0 Å². The highest BCUT2D eigenvalue weighted by molar-refractivity contribution is 4.87. The summed E-state index contributed by atoms with van der Waals surface area (Å²) in [7, 11) is 0. The molecule has 1 atom stereocenters. The van der Waals surface area contributed by atoms with Gasteiger partial charge in [-0.25, -0.2) is 0 Å². The van der Waals surface area contributed by atoms with Crippen molar-refractivity contribution in [2.24, 2.45) is 5.92 Å². The SMILES string of the molecule is [CH2]C=CC(C)CO. The summed E-state index contributed by atoms with van der Waals surface area (Å²) in [6.45, 7) is 5.63. The molecule has 0 bridgehead atoms. The highest BCUT2D eigenvalue weighted by Gasteiger charge is 1.87. The summed E-state index contributed by atoms with van der Waals surface area (Å²) in [4.78, 5) is 0. The minimum absolute atomic E-state index is 0.214. The monoisotopic (exact) mass is 99.1 g/mol. The third kappa shape index (κ3) is 3.53. The van der Waals surface area contributed by atoms with Crippen LogP contribution in [0.3, 0.4) is 0 Å². The Hall–Kier alpha value is -0.300. The normalized spacial score (nSPS) is 15.3. The zero-order valence-corrected chi connectivity index (χ0v) is 4.59. The molecule has 0 spiro atoms. The minimum atomic E-state index is 0.214. The molecule has 0 rings (SSSR count). The molecule has 0 heterocycles. The average Bonchev–Trinajstić information content (AvgIpc) is 1.68. The number of aliphatic hydroxyl groups is 1. The van der Waals surface area contributed by atoms with E-state index in [1.807, 2.05) is 13.0 Å². The van der Waals surface area contributed by atoms with E-state index in [1.165, 1.54) is 0 Å². The van der Waals surface area contributed by atoms with Crippen molar-refractivity contribution < 1.29 is 5.11 Å². The van der Waals surface area contributed by atoms with Gasteiger partial charge in [-0.1, -0.05) is 19.1 Å². The van der Waals surface area contributed by atoms with Crippen LogP contribution in [-0.2, 0) is 0 Å². The predicted molar refractivity (Wildman–Crippen MR) is 30.7 cm³/mol. The van der Waals surface area contributed by atoms with E-state index in [0.29, 0.717) is 0 Å². The molecule has 0 fully saturated rings. The summed E-state index contributed by atoms with van der Waals surface area (Å²) >= 11 is 0. The van der Waals surface area contributed by atoms with E-state index in [4.69, 9.17) is 5.11 Å². The van der Waals surface area contributed by atoms with Crippen molar-refractivity contribution in [3.8, 4) is 0 Å². The van der Waals surface area contributed by atoms with E-state index < -0.39 is 0 Å². The molecule has 1 radical (unpaired) electrons. The van der Waals surface area contributed by atoms with E-state index in [1.54, 1.807) is 6.08 Å². The van der Waals surface area contributed by atoms with Gasteiger partial charge in [0.05, 0.1) is 0 Å². The van der Waals surface area contributed by atoms with Crippen LogP contribution in [0, 0.1) is 12.8 Å². The highest BCUT2D eigenvalue weighted by atomic mass is 16.3. The number of rotatable bonds is 2. The average molecular weight is 99.2 g/mol. The molecule has 0 aliphatic rings. The zero-order valence-electron chi connectivity index (χ0n) is 4.59. The lowest BCUT2D eigenvalue weighted by molar-refractivity contribution is 0.262. The fraction of sp³-hybridized carbons (Fsp3) is 0.500. The van der Waals surface area contributed by atoms with Crippen molar-refractivity contribution in [2.45, 2.75) is 6.92 Å². The zero-order chi connectivity index (χ0) is 5.70. The van der Waals surface area contributed by atoms with E-state index in [9.17, 15) is 0 Å². The molecule has 0 amide bonds. The van der Waals surface area contributed by atoms with Gasteiger partial charge in [0.25, 0.3) is 0 Å². The number of aliphatic hydroxyl groups excluding tert-OH is 1. The second-order valence-electron chi connectivity index (χ2n) is 1.59. The molecule has 0 aliphatic heterocycles. The van der Waals surface area contributed by atoms with Gasteiger partial charge in [-0.3, -0.25) is 0 Å². The maximum absolute atomic E-state index is 8.39. The summed E-state index contributed by atoms with van der Waals surface area (Å²) < 4.78 is 0. The number of allylic oxidation sites excluding steroid dienone is 1. The smallest absolute Gasteiger partial charge is 0.0491 e. The maximum atomic E-state index is 8.39. The fourth-order valence-corrected chi connectivity index (χ4v) is 0.293. The Balaban J connectivity index is 3.16. The van der Waals surface area contributed by atoms with Crippen LogP contribution in [0.5, 0.6) is 0 Å². The Morgan fingerprint density at radius 1 is 1.86 bits per heavy atom. The molecular formula is C6H11O. The molecule has 0 aromatic heterocycles. The van der Waals surface area contributed by atoms with Crippen LogP contribution >= 0.6 is 0 Å². The number of hydrogen-bond acceptors (Lipinski definition) is 1. The quantitative estimate of drug-likeness (QED) is 0.547. The van der Waals surface area contributed by atoms with Crippen LogP contribution < -0.4 is 0 Å². The van der Waals surface area contributed by atoms with Gasteiger partial charge in [-0.2, -0.15) is 0 Å².